The fourth-order valence-electron chi connectivity index (χ4n) is 3.92. The number of nitrogens with zero attached hydrogens (tertiary/aromatic N) is 3. The number of thiophene rings is 1. The van der Waals surface area contributed by atoms with Crippen LogP contribution in [0, 0.1) is 10.1 Å². The average molecular weight is 495 g/mol. The number of hydrogen-bond donors (Lipinski definition) is 1. The molecule has 0 aliphatic rings. The van der Waals surface area contributed by atoms with Gasteiger partial charge in [0.15, 0.2) is 17.3 Å². The first-order valence-electron chi connectivity index (χ1n) is 11.2. The minimum Gasteiger partial charge on any atom is -0.493 e. The van der Waals surface area contributed by atoms with Gasteiger partial charge in [0.05, 0.1) is 35.1 Å². The first-order chi connectivity index (χ1) is 17.0. The monoisotopic (exact) mass is 494 g/mol. The van der Waals surface area contributed by atoms with Crippen LogP contribution in [0.3, 0.4) is 0 Å². The van der Waals surface area contributed by atoms with E-state index in [2.05, 4.69) is 16.8 Å². The van der Waals surface area contributed by atoms with Gasteiger partial charge in [-0.1, -0.05) is 36.8 Å². The Labute approximate surface area is 206 Å². The second kappa shape index (κ2) is 10.6. The summed E-state index contributed by atoms with van der Waals surface area (Å²) in [5.41, 5.74) is 2.82. The smallest absolute Gasteiger partial charge is 0.324 e. The molecule has 4 aromatic rings. The third kappa shape index (κ3) is 4.97. The molecule has 0 fully saturated rings. The lowest BCUT2D eigenvalue weighted by Crippen LogP contribution is -2.23. The van der Waals surface area contributed by atoms with E-state index in [1.54, 1.807) is 38.5 Å². The number of hydrogen-bond acceptors (Lipinski definition) is 7. The molecule has 1 N–H and O–H groups in total. The molecule has 9 nitrogen and oxygen atoms in total. The molecule has 0 atom stereocenters. The van der Waals surface area contributed by atoms with Gasteiger partial charge in [-0.2, -0.15) is 0 Å². The zero-order valence-corrected chi connectivity index (χ0v) is 20.6. The minimum absolute atomic E-state index is 0.0714. The molecule has 10 heteroatoms. The van der Waals surface area contributed by atoms with Crippen molar-refractivity contribution in [2.45, 2.75) is 32.9 Å². The Morgan fingerprint density at radius 3 is 2.69 bits per heavy atom. The number of unbranched alkanes of at least 4 members (excludes halogenated alkanes) is 1. The predicted octanol–water partition coefficient (Wildman–Crippen LogP) is 5.42. The van der Waals surface area contributed by atoms with Crippen molar-refractivity contribution in [2.75, 3.05) is 14.2 Å². The summed E-state index contributed by atoms with van der Waals surface area (Å²) < 4.78 is 12.8. The Bertz CT molecular complexity index is 1380. The molecule has 182 valence electrons. The Morgan fingerprint density at radius 2 is 2.00 bits per heavy atom. The van der Waals surface area contributed by atoms with E-state index < -0.39 is 4.92 Å². The van der Waals surface area contributed by atoms with Gasteiger partial charge in [0.25, 0.3) is 5.91 Å². The second-order valence-corrected chi connectivity index (χ2v) is 8.94. The molecule has 2 aromatic heterocycles. The average Bonchev–Trinajstić information content (AvgIpc) is 3.50. The summed E-state index contributed by atoms with van der Waals surface area (Å²) in [6.07, 6.45) is 1.94. The fourth-order valence-corrected chi connectivity index (χ4v) is 4.74. The molecule has 4 rings (SSSR count). The van der Waals surface area contributed by atoms with Crippen molar-refractivity contribution in [3.05, 3.63) is 69.8 Å². The molecular formula is C25H26N4O5S. The number of methoxy groups -OCH3 is 2. The van der Waals surface area contributed by atoms with Gasteiger partial charge in [0, 0.05) is 30.3 Å². The van der Waals surface area contributed by atoms with E-state index in [9.17, 15) is 14.9 Å². The SMILES string of the molecule is CCCCn1c(-c2ccc([N+](=O)[O-])s2)nc2cc(C(=O)NCc3cccc(OC)c3OC)ccc21. The normalized spacial score (nSPS) is 10.9. The number of nitro groups is 1. The molecule has 2 aromatic carbocycles. The van der Waals surface area contributed by atoms with Gasteiger partial charge in [-0.3, -0.25) is 14.9 Å². The lowest BCUT2D eigenvalue weighted by Gasteiger charge is -2.13. The summed E-state index contributed by atoms with van der Waals surface area (Å²) in [5.74, 6) is 1.60. The van der Waals surface area contributed by atoms with Crippen LogP contribution in [-0.4, -0.2) is 34.6 Å². The van der Waals surface area contributed by atoms with E-state index >= 15 is 0 Å². The van der Waals surface area contributed by atoms with Gasteiger partial charge in [-0.25, -0.2) is 4.98 Å². The van der Waals surface area contributed by atoms with Crippen molar-refractivity contribution in [3.63, 3.8) is 0 Å². The maximum atomic E-state index is 12.9. The molecule has 0 radical (unpaired) electrons. The van der Waals surface area contributed by atoms with Crippen molar-refractivity contribution in [2.24, 2.45) is 0 Å². The second-order valence-electron chi connectivity index (χ2n) is 7.87. The Balaban J connectivity index is 1.62. The van der Waals surface area contributed by atoms with Crippen LogP contribution >= 0.6 is 11.3 Å². The van der Waals surface area contributed by atoms with Crippen LogP contribution in [0.25, 0.3) is 21.7 Å². The number of amides is 1. The number of fused-ring (bicyclic) bond motifs is 1. The van der Waals surface area contributed by atoms with E-state index in [0.717, 1.165) is 46.7 Å². The number of aryl methyl sites for hydroxylation is 1. The van der Waals surface area contributed by atoms with Crippen molar-refractivity contribution in [1.29, 1.82) is 0 Å². The Morgan fingerprint density at radius 1 is 1.17 bits per heavy atom. The molecule has 0 saturated carbocycles. The highest BCUT2D eigenvalue weighted by atomic mass is 32.1. The highest BCUT2D eigenvalue weighted by molar-refractivity contribution is 7.18. The summed E-state index contributed by atoms with van der Waals surface area (Å²) in [4.78, 5) is 29.2. The lowest BCUT2D eigenvalue weighted by molar-refractivity contribution is -0.380. The highest BCUT2D eigenvalue weighted by Gasteiger charge is 2.19. The van der Waals surface area contributed by atoms with Gasteiger partial charge >= 0.3 is 5.00 Å². The first kappa shape index (κ1) is 24.2. The largest absolute Gasteiger partial charge is 0.493 e. The van der Waals surface area contributed by atoms with Crippen LogP contribution in [0.5, 0.6) is 11.5 Å². The maximum absolute atomic E-state index is 12.9. The zero-order chi connectivity index (χ0) is 24.9. The van der Waals surface area contributed by atoms with Crippen LogP contribution in [0.1, 0.15) is 35.7 Å². The van der Waals surface area contributed by atoms with Crippen molar-refractivity contribution < 1.29 is 19.2 Å². The third-order valence-corrected chi connectivity index (χ3v) is 6.69. The number of para-hydroxylation sites is 1. The van der Waals surface area contributed by atoms with Gasteiger partial charge in [0.1, 0.15) is 0 Å². The van der Waals surface area contributed by atoms with Crippen LogP contribution in [-0.2, 0) is 13.1 Å². The topological polar surface area (TPSA) is 109 Å². The Hall–Kier alpha value is -3.92. The molecule has 0 bridgehead atoms. The van der Waals surface area contributed by atoms with Crippen LogP contribution < -0.4 is 14.8 Å². The van der Waals surface area contributed by atoms with E-state index in [4.69, 9.17) is 14.5 Å². The van der Waals surface area contributed by atoms with Gasteiger partial charge in [0.2, 0.25) is 0 Å². The molecule has 0 unspecified atom stereocenters. The van der Waals surface area contributed by atoms with Gasteiger partial charge < -0.3 is 19.4 Å². The number of carbonyl (C=O) groups excluding carboxylic acids is 1. The first-order valence-corrected chi connectivity index (χ1v) is 12.0. The van der Waals surface area contributed by atoms with Crippen molar-refractivity contribution >= 4 is 33.3 Å². The standard InChI is InChI=1S/C25H26N4O5S/c1-4-5-13-28-19-10-9-16(14-18(19)27-24(28)21-11-12-22(35-21)29(31)32)25(30)26-15-17-7-6-8-20(33-2)23(17)34-3/h6-12,14H,4-5,13,15H2,1-3H3,(H,26,30). The minimum atomic E-state index is -0.396. The number of ether oxygens (including phenoxy) is 2. The fraction of sp³-hybridized carbons (Fsp3) is 0.280. The lowest BCUT2D eigenvalue weighted by atomic mass is 10.1. The highest BCUT2D eigenvalue weighted by Crippen LogP contribution is 2.35. The number of carbonyl (C=O) groups is 1. The number of benzene rings is 2. The number of aromatic nitrogens is 2. The quantitative estimate of drug-likeness (QED) is 0.233. The maximum Gasteiger partial charge on any atom is 0.324 e. The zero-order valence-electron chi connectivity index (χ0n) is 19.7. The summed E-state index contributed by atoms with van der Waals surface area (Å²) in [6, 6.07) is 14.1. The summed E-state index contributed by atoms with van der Waals surface area (Å²) in [5, 5.41) is 14.2. The van der Waals surface area contributed by atoms with Crippen LogP contribution in [0.2, 0.25) is 0 Å². The van der Waals surface area contributed by atoms with Crippen molar-refractivity contribution in [1.82, 2.24) is 14.9 Å². The van der Waals surface area contributed by atoms with Crippen molar-refractivity contribution in [3.8, 4) is 22.2 Å². The third-order valence-electron chi connectivity index (χ3n) is 5.66. The van der Waals surface area contributed by atoms with E-state index in [-0.39, 0.29) is 17.5 Å². The van der Waals surface area contributed by atoms with Gasteiger partial charge in [-0.05, 0) is 36.8 Å². The Kier molecular flexibility index (Phi) is 7.31. The molecule has 35 heavy (non-hydrogen) atoms. The molecule has 1 amide bonds. The molecule has 0 spiro atoms. The van der Waals surface area contributed by atoms with E-state index in [1.807, 2.05) is 18.2 Å². The molecular weight excluding hydrogens is 468 g/mol. The summed E-state index contributed by atoms with van der Waals surface area (Å²) in [6.45, 7) is 3.11. The van der Waals surface area contributed by atoms with Gasteiger partial charge in [-0.15, -0.1) is 0 Å². The van der Waals surface area contributed by atoms with Crippen LogP contribution in [0.4, 0.5) is 5.00 Å². The number of nitrogens with one attached hydrogen (secondary N) is 1. The molecule has 0 saturated heterocycles. The summed E-state index contributed by atoms with van der Waals surface area (Å²) in [7, 11) is 3.13. The molecule has 2 heterocycles. The van der Waals surface area contributed by atoms with E-state index in [0.29, 0.717) is 28.4 Å². The summed E-state index contributed by atoms with van der Waals surface area (Å²) >= 11 is 1.10. The van der Waals surface area contributed by atoms with E-state index in [1.165, 1.54) is 6.07 Å². The number of imidazole rings is 1. The predicted molar refractivity (Wildman–Crippen MR) is 135 cm³/mol. The number of rotatable bonds is 10. The molecule has 0 aliphatic carbocycles. The van der Waals surface area contributed by atoms with Crippen LogP contribution in [0.15, 0.2) is 48.5 Å². The molecule has 0 aliphatic heterocycles.